The highest BCUT2D eigenvalue weighted by Gasteiger charge is 2.03. The van der Waals surface area contributed by atoms with Crippen LogP contribution in [-0.4, -0.2) is 10.9 Å². The summed E-state index contributed by atoms with van der Waals surface area (Å²) in [4.78, 5) is 14.5. The number of rotatable bonds is 1. The highest BCUT2D eigenvalue weighted by molar-refractivity contribution is 9.10. The summed E-state index contributed by atoms with van der Waals surface area (Å²) in [5.41, 5.74) is 6.27. The third-order valence-electron chi connectivity index (χ3n) is 1.29. The fourth-order valence-electron chi connectivity index (χ4n) is 0.641. The van der Waals surface area contributed by atoms with Gasteiger partial charge in [-0.2, -0.15) is 0 Å². The monoisotopic (exact) mass is 250 g/mol. The van der Waals surface area contributed by atoms with E-state index in [1.165, 1.54) is 0 Å². The van der Waals surface area contributed by atoms with Gasteiger partial charge in [-0.25, -0.2) is 4.98 Å². The molecule has 12 heavy (non-hydrogen) atoms. The molecule has 0 aliphatic carbocycles. The fourth-order valence-corrected chi connectivity index (χ4v) is 0.964. The number of carbonyl (C=O) groups is 1. The maximum absolute atomic E-state index is 10.6. The van der Waals surface area contributed by atoms with E-state index in [2.05, 4.69) is 20.9 Å². The number of aromatic nitrogens is 1. The molecular weight excluding hydrogens is 243 g/mol. The molecule has 0 bridgehead atoms. The number of amides is 1. The van der Waals surface area contributed by atoms with E-state index in [0.717, 1.165) is 5.56 Å². The summed E-state index contributed by atoms with van der Waals surface area (Å²) in [6.45, 7) is 1.89. The molecule has 0 spiro atoms. The Morgan fingerprint density at radius 3 is 2.58 bits per heavy atom. The zero-order valence-electron chi connectivity index (χ0n) is 6.37. The summed E-state index contributed by atoms with van der Waals surface area (Å²) in [5.74, 6) is -0.509. The van der Waals surface area contributed by atoms with Crippen LogP contribution in [0.3, 0.4) is 0 Å². The lowest BCUT2D eigenvalue weighted by atomic mass is 10.3. The first-order valence-corrected chi connectivity index (χ1v) is 3.83. The molecule has 0 saturated carbocycles. The average Bonchev–Trinajstić information content (AvgIpc) is 1.94. The Bertz CT molecular complexity index is 303. The van der Waals surface area contributed by atoms with Gasteiger partial charge in [-0.1, -0.05) is 6.07 Å². The molecule has 0 aromatic carbocycles. The normalized spacial score (nSPS) is 8.83. The molecule has 1 aromatic heterocycles. The molecule has 0 unspecified atom stereocenters. The Hall–Kier alpha value is -0.610. The van der Waals surface area contributed by atoms with E-state index in [0.29, 0.717) is 4.60 Å². The zero-order chi connectivity index (χ0) is 8.43. The minimum absolute atomic E-state index is 0. The molecule has 0 fully saturated rings. The number of hydrogen-bond donors (Lipinski definition) is 1. The van der Waals surface area contributed by atoms with Crippen LogP contribution >= 0.6 is 28.3 Å². The van der Waals surface area contributed by atoms with Gasteiger partial charge in [0, 0.05) is 0 Å². The standard InChI is InChI=1S/C7H7BrN2O.ClH/c1-4-2-3-5(7(9)11)10-6(4)8;/h2-3H,1H3,(H2,9,11);1H. The second-order valence-corrected chi connectivity index (χ2v) is 2.92. The predicted octanol–water partition coefficient (Wildman–Crippen LogP) is 1.67. The molecule has 0 aliphatic rings. The molecule has 0 radical (unpaired) electrons. The number of primary amides is 1. The van der Waals surface area contributed by atoms with Crippen molar-refractivity contribution in [2.45, 2.75) is 6.92 Å². The summed E-state index contributed by atoms with van der Waals surface area (Å²) >= 11 is 3.20. The lowest BCUT2D eigenvalue weighted by Gasteiger charge is -1.97. The van der Waals surface area contributed by atoms with Crippen molar-refractivity contribution in [3.8, 4) is 0 Å². The first kappa shape index (κ1) is 11.4. The Morgan fingerprint density at radius 1 is 1.58 bits per heavy atom. The quantitative estimate of drug-likeness (QED) is 0.772. The molecule has 3 nitrogen and oxygen atoms in total. The number of hydrogen-bond acceptors (Lipinski definition) is 2. The van der Waals surface area contributed by atoms with Crippen molar-refractivity contribution in [3.05, 3.63) is 28.0 Å². The van der Waals surface area contributed by atoms with E-state index in [-0.39, 0.29) is 18.1 Å². The summed E-state index contributed by atoms with van der Waals surface area (Å²) in [7, 11) is 0. The second kappa shape index (κ2) is 4.42. The number of nitrogens with two attached hydrogens (primary N) is 1. The van der Waals surface area contributed by atoms with Crippen LogP contribution in [0.5, 0.6) is 0 Å². The van der Waals surface area contributed by atoms with E-state index >= 15 is 0 Å². The number of halogens is 2. The van der Waals surface area contributed by atoms with Crippen molar-refractivity contribution in [1.82, 2.24) is 4.98 Å². The lowest BCUT2D eigenvalue weighted by molar-refractivity contribution is 0.0995. The van der Waals surface area contributed by atoms with Crippen molar-refractivity contribution in [2.24, 2.45) is 5.73 Å². The maximum Gasteiger partial charge on any atom is 0.267 e. The van der Waals surface area contributed by atoms with Gasteiger partial charge < -0.3 is 5.73 Å². The Balaban J connectivity index is 0.00000121. The van der Waals surface area contributed by atoms with Crippen LogP contribution in [0, 0.1) is 6.92 Å². The minimum Gasteiger partial charge on any atom is -0.364 e. The van der Waals surface area contributed by atoms with Crippen molar-refractivity contribution in [1.29, 1.82) is 0 Å². The molecule has 1 amide bonds. The van der Waals surface area contributed by atoms with Gasteiger partial charge in [0.2, 0.25) is 0 Å². The zero-order valence-corrected chi connectivity index (χ0v) is 8.78. The molecule has 2 N–H and O–H groups in total. The van der Waals surface area contributed by atoms with Gasteiger partial charge in [0.15, 0.2) is 0 Å². The van der Waals surface area contributed by atoms with Gasteiger partial charge in [-0.3, -0.25) is 4.79 Å². The molecule has 1 rings (SSSR count). The molecule has 1 aromatic rings. The van der Waals surface area contributed by atoms with Crippen LogP contribution in [0.1, 0.15) is 16.1 Å². The number of nitrogens with zero attached hydrogens (tertiary/aromatic N) is 1. The summed E-state index contributed by atoms with van der Waals surface area (Å²) in [5, 5.41) is 0. The molecule has 0 saturated heterocycles. The van der Waals surface area contributed by atoms with Crippen LogP contribution < -0.4 is 5.73 Å². The Kier molecular flexibility index (Phi) is 4.20. The van der Waals surface area contributed by atoms with Gasteiger partial charge in [0.1, 0.15) is 10.3 Å². The largest absolute Gasteiger partial charge is 0.364 e. The number of carbonyl (C=O) groups excluding carboxylic acids is 1. The van der Waals surface area contributed by atoms with Crippen molar-refractivity contribution >= 4 is 34.2 Å². The van der Waals surface area contributed by atoms with Crippen LogP contribution in [0.4, 0.5) is 0 Å². The topological polar surface area (TPSA) is 56.0 Å². The van der Waals surface area contributed by atoms with E-state index < -0.39 is 5.91 Å². The van der Waals surface area contributed by atoms with Crippen LogP contribution in [0.15, 0.2) is 16.7 Å². The molecule has 1 heterocycles. The average molecular weight is 252 g/mol. The van der Waals surface area contributed by atoms with Crippen molar-refractivity contribution in [3.63, 3.8) is 0 Å². The SMILES string of the molecule is Cc1ccc(C(N)=O)nc1Br.Cl. The van der Waals surface area contributed by atoms with Crippen LogP contribution in [0.25, 0.3) is 0 Å². The maximum atomic E-state index is 10.6. The van der Waals surface area contributed by atoms with Crippen molar-refractivity contribution in [2.75, 3.05) is 0 Å². The van der Waals surface area contributed by atoms with Gasteiger partial charge in [0.05, 0.1) is 0 Å². The van der Waals surface area contributed by atoms with Gasteiger partial charge in [-0.05, 0) is 34.5 Å². The van der Waals surface area contributed by atoms with Crippen molar-refractivity contribution < 1.29 is 4.79 Å². The summed E-state index contributed by atoms with van der Waals surface area (Å²) in [6, 6.07) is 3.39. The van der Waals surface area contributed by atoms with E-state index in [9.17, 15) is 4.79 Å². The molecular formula is C7H8BrClN2O. The Morgan fingerprint density at radius 2 is 2.17 bits per heavy atom. The van der Waals surface area contributed by atoms with Crippen LogP contribution in [0.2, 0.25) is 0 Å². The summed E-state index contributed by atoms with van der Waals surface area (Å²) in [6.07, 6.45) is 0. The first-order valence-electron chi connectivity index (χ1n) is 3.04. The van der Waals surface area contributed by atoms with Gasteiger partial charge in [0.25, 0.3) is 5.91 Å². The number of pyridine rings is 1. The molecule has 0 aliphatic heterocycles. The highest BCUT2D eigenvalue weighted by Crippen LogP contribution is 2.12. The number of aryl methyl sites for hydroxylation is 1. The van der Waals surface area contributed by atoms with E-state index in [1.807, 2.05) is 6.92 Å². The molecule has 5 heteroatoms. The third kappa shape index (κ3) is 2.46. The first-order chi connectivity index (χ1) is 5.11. The smallest absolute Gasteiger partial charge is 0.267 e. The third-order valence-corrected chi connectivity index (χ3v) is 2.09. The van der Waals surface area contributed by atoms with E-state index in [1.54, 1.807) is 12.1 Å². The second-order valence-electron chi connectivity index (χ2n) is 2.17. The molecule has 66 valence electrons. The predicted molar refractivity (Wildman–Crippen MR) is 52.4 cm³/mol. The summed E-state index contributed by atoms with van der Waals surface area (Å²) < 4.78 is 0.661. The van der Waals surface area contributed by atoms with Gasteiger partial charge in [-0.15, -0.1) is 12.4 Å². The van der Waals surface area contributed by atoms with Crippen LogP contribution in [-0.2, 0) is 0 Å². The molecule has 0 atom stereocenters. The fraction of sp³-hybridized carbons (Fsp3) is 0.143. The Labute approximate surface area is 84.9 Å². The van der Waals surface area contributed by atoms with Gasteiger partial charge >= 0.3 is 0 Å². The highest BCUT2D eigenvalue weighted by atomic mass is 79.9. The minimum atomic E-state index is -0.509. The van der Waals surface area contributed by atoms with E-state index in [4.69, 9.17) is 5.73 Å². The lowest BCUT2D eigenvalue weighted by Crippen LogP contribution is -2.13.